The third-order valence-corrected chi connectivity index (χ3v) is 4.65. The topological polar surface area (TPSA) is 59.7 Å². The van der Waals surface area contributed by atoms with E-state index in [1.807, 2.05) is 6.07 Å². The minimum absolute atomic E-state index is 0.356. The van der Waals surface area contributed by atoms with E-state index >= 15 is 0 Å². The number of nitrogens with zero attached hydrogens (tertiary/aromatic N) is 4. The van der Waals surface area contributed by atoms with Crippen LogP contribution >= 0.6 is 0 Å². The Hall–Kier alpha value is -1.95. The van der Waals surface area contributed by atoms with Gasteiger partial charge in [-0.3, -0.25) is 0 Å². The summed E-state index contributed by atoms with van der Waals surface area (Å²) in [6.07, 6.45) is 4.97. The van der Waals surface area contributed by atoms with Gasteiger partial charge in [-0.15, -0.1) is 0 Å². The number of hydrogen-bond acceptors (Lipinski definition) is 5. The Balaban J connectivity index is 1.68. The van der Waals surface area contributed by atoms with Crippen molar-refractivity contribution in [2.45, 2.75) is 39.2 Å². The summed E-state index contributed by atoms with van der Waals surface area (Å²) in [5.74, 6) is 1.14. The molecule has 6 nitrogen and oxygen atoms in total. The lowest BCUT2D eigenvalue weighted by molar-refractivity contribution is 0.0600. The summed E-state index contributed by atoms with van der Waals surface area (Å²) in [6, 6.07) is 4.16. The van der Waals surface area contributed by atoms with E-state index < -0.39 is 0 Å². The van der Waals surface area contributed by atoms with Gasteiger partial charge in [0.2, 0.25) is 0 Å². The fourth-order valence-corrected chi connectivity index (χ4v) is 3.19. The van der Waals surface area contributed by atoms with E-state index in [2.05, 4.69) is 28.8 Å². The molecule has 3 rings (SSSR count). The quantitative estimate of drug-likeness (QED) is 0.809. The van der Waals surface area contributed by atoms with Gasteiger partial charge in [0.1, 0.15) is 0 Å². The number of carbonyl (C=O) groups excluding carboxylic acids is 1. The van der Waals surface area contributed by atoms with Crippen molar-refractivity contribution in [2.24, 2.45) is 5.92 Å². The van der Waals surface area contributed by atoms with E-state index in [9.17, 15) is 4.79 Å². The van der Waals surface area contributed by atoms with Crippen LogP contribution in [-0.4, -0.2) is 51.7 Å². The molecule has 1 fully saturated rings. The van der Waals surface area contributed by atoms with Gasteiger partial charge in [0.05, 0.1) is 12.7 Å². The fraction of sp³-hybridized carbons (Fsp3) is 0.588. The number of piperidine rings is 1. The first kappa shape index (κ1) is 15.9. The molecule has 2 aromatic rings. The fourth-order valence-electron chi connectivity index (χ4n) is 3.19. The number of aromatic nitrogens is 3. The Bertz CT molecular complexity index is 687. The molecule has 0 unspecified atom stereocenters. The van der Waals surface area contributed by atoms with E-state index in [1.165, 1.54) is 20.0 Å². The van der Waals surface area contributed by atoms with E-state index in [0.717, 1.165) is 31.0 Å². The largest absolute Gasteiger partial charge is 0.465 e. The molecule has 0 saturated carbocycles. The number of pyridine rings is 1. The van der Waals surface area contributed by atoms with Crippen molar-refractivity contribution in [2.75, 3.05) is 20.2 Å². The molecule has 1 aliphatic rings. The molecular weight excluding hydrogens is 292 g/mol. The van der Waals surface area contributed by atoms with Gasteiger partial charge >= 0.3 is 5.97 Å². The molecule has 6 heteroatoms. The Kier molecular flexibility index (Phi) is 4.61. The van der Waals surface area contributed by atoms with Crippen LogP contribution in [0.5, 0.6) is 0 Å². The van der Waals surface area contributed by atoms with Crippen molar-refractivity contribution < 1.29 is 9.53 Å². The first-order chi connectivity index (χ1) is 11.1. The Morgan fingerprint density at radius 2 is 2.09 bits per heavy atom. The van der Waals surface area contributed by atoms with Gasteiger partial charge in [-0.2, -0.15) is 5.10 Å². The van der Waals surface area contributed by atoms with Crippen molar-refractivity contribution in [1.29, 1.82) is 0 Å². The zero-order valence-corrected chi connectivity index (χ0v) is 14.0. The zero-order valence-electron chi connectivity index (χ0n) is 14.0. The van der Waals surface area contributed by atoms with Crippen LogP contribution in [0.25, 0.3) is 5.65 Å². The van der Waals surface area contributed by atoms with Crippen LogP contribution in [0.1, 0.15) is 42.9 Å². The lowest BCUT2D eigenvalue weighted by Crippen LogP contribution is -2.38. The van der Waals surface area contributed by atoms with E-state index in [0.29, 0.717) is 17.5 Å². The van der Waals surface area contributed by atoms with Gasteiger partial charge in [0.15, 0.2) is 11.5 Å². The van der Waals surface area contributed by atoms with Crippen LogP contribution < -0.4 is 0 Å². The number of rotatable bonds is 4. The van der Waals surface area contributed by atoms with Gasteiger partial charge in [-0.05, 0) is 57.8 Å². The average Bonchev–Trinajstić information content (AvgIpc) is 2.95. The van der Waals surface area contributed by atoms with Gasteiger partial charge in [0, 0.05) is 18.7 Å². The summed E-state index contributed by atoms with van der Waals surface area (Å²) in [5, 5.41) is 4.52. The number of methoxy groups -OCH3 is 1. The second-order valence-electron chi connectivity index (χ2n) is 6.52. The number of esters is 1. The van der Waals surface area contributed by atoms with Crippen molar-refractivity contribution >= 4 is 11.6 Å². The molecule has 23 heavy (non-hydrogen) atoms. The number of likely N-dealkylation sites (tertiary alicyclic amines) is 1. The first-order valence-electron chi connectivity index (χ1n) is 8.24. The monoisotopic (exact) mass is 316 g/mol. The maximum atomic E-state index is 11.6. The van der Waals surface area contributed by atoms with Crippen molar-refractivity contribution in [3.05, 3.63) is 29.7 Å². The van der Waals surface area contributed by atoms with Crippen LogP contribution in [0.3, 0.4) is 0 Å². The molecule has 0 spiro atoms. The third kappa shape index (κ3) is 3.52. The predicted molar refractivity (Wildman–Crippen MR) is 87.5 cm³/mol. The van der Waals surface area contributed by atoms with Crippen LogP contribution in [-0.2, 0) is 11.2 Å². The highest BCUT2D eigenvalue weighted by Gasteiger charge is 2.22. The van der Waals surface area contributed by atoms with Gasteiger partial charge in [0.25, 0.3) is 0 Å². The lowest BCUT2D eigenvalue weighted by Gasteiger charge is -2.34. The zero-order chi connectivity index (χ0) is 16.4. The molecule has 0 atom stereocenters. The molecule has 1 aliphatic heterocycles. The molecule has 0 aliphatic carbocycles. The van der Waals surface area contributed by atoms with E-state index in [4.69, 9.17) is 4.74 Å². The molecule has 0 radical (unpaired) electrons. The maximum Gasteiger partial charge on any atom is 0.339 e. The number of fused-ring (bicyclic) bond motifs is 1. The minimum Gasteiger partial charge on any atom is -0.465 e. The summed E-state index contributed by atoms with van der Waals surface area (Å²) in [6.45, 7) is 6.82. The van der Waals surface area contributed by atoms with E-state index in [-0.39, 0.29) is 5.97 Å². The lowest BCUT2D eigenvalue weighted by atomic mass is 9.93. The van der Waals surface area contributed by atoms with Gasteiger partial charge in [-0.1, -0.05) is 0 Å². The molecule has 0 amide bonds. The smallest absolute Gasteiger partial charge is 0.339 e. The van der Waals surface area contributed by atoms with Crippen LogP contribution in [0, 0.1) is 5.92 Å². The molecule has 3 heterocycles. The molecule has 0 aromatic carbocycles. The second-order valence-corrected chi connectivity index (χ2v) is 6.52. The van der Waals surface area contributed by atoms with Crippen LogP contribution in [0.4, 0.5) is 0 Å². The normalized spacial score (nSPS) is 17.0. The standard InChI is InChI=1S/C17H24N4O2/c1-12(2)20-8-6-13(7-9-20)10-15-18-16-5-4-14(17(22)23-3)11-21(16)19-15/h4-5,11-13H,6-10H2,1-3H3. The first-order valence-corrected chi connectivity index (χ1v) is 8.24. The van der Waals surface area contributed by atoms with Crippen molar-refractivity contribution in [1.82, 2.24) is 19.5 Å². The summed E-state index contributed by atoms with van der Waals surface area (Å²) in [4.78, 5) is 18.7. The number of hydrogen-bond donors (Lipinski definition) is 0. The second kappa shape index (κ2) is 6.66. The summed E-state index contributed by atoms with van der Waals surface area (Å²) in [7, 11) is 1.38. The van der Waals surface area contributed by atoms with Gasteiger partial charge < -0.3 is 9.64 Å². The highest BCUT2D eigenvalue weighted by molar-refractivity contribution is 5.89. The van der Waals surface area contributed by atoms with Crippen LogP contribution in [0.15, 0.2) is 18.3 Å². The summed E-state index contributed by atoms with van der Waals surface area (Å²) in [5.41, 5.74) is 1.26. The minimum atomic E-state index is -0.356. The van der Waals surface area contributed by atoms with Crippen molar-refractivity contribution in [3.8, 4) is 0 Å². The molecule has 2 aromatic heterocycles. The molecular formula is C17H24N4O2. The SMILES string of the molecule is COC(=O)c1ccc2nc(CC3CCN(C(C)C)CC3)nn2c1. The summed E-state index contributed by atoms with van der Waals surface area (Å²) >= 11 is 0. The van der Waals surface area contributed by atoms with Gasteiger partial charge in [-0.25, -0.2) is 14.3 Å². The number of ether oxygens (including phenoxy) is 1. The van der Waals surface area contributed by atoms with Crippen molar-refractivity contribution in [3.63, 3.8) is 0 Å². The number of carbonyl (C=O) groups is 1. The average molecular weight is 316 g/mol. The maximum absolute atomic E-state index is 11.6. The Labute approximate surface area is 136 Å². The highest BCUT2D eigenvalue weighted by Crippen LogP contribution is 2.22. The third-order valence-electron chi connectivity index (χ3n) is 4.65. The predicted octanol–water partition coefficient (Wildman–Crippen LogP) is 2.18. The Morgan fingerprint density at radius 3 is 2.74 bits per heavy atom. The molecule has 0 bridgehead atoms. The highest BCUT2D eigenvalue weighted by atomic mass is 16.5. The van der Waals surface area contributed by atoms with E-state index in [1.54, 1.807) is 16.8 Å². The molecule has 124 valence electrons. The summed E-state index contributed by atoms with van der Waals surface area (Å²) < 4.78 is 6.41. The molecule has 1 saturated heterocycles. The molecule has 0 N–H and O–H groups in total. The Morgan fingerprint density at radius 1 is 1.35 bits per heavy atom. The van der Waals surface area contributed by atoms with Crippen LogP contribution in [0.2, 0.25) is 0 Å².